The molecular formula is C22H24N4O3. The fraction of sp³-hybridized carbons (Fsp3) is 0.227. The van der Waals surface area contributed by atoms with E-state index in [0.717, 1.165) is 16.7 Å². The van der Waals surface area contributed by atoms with Crippen LogP contribution in [0.2, 0.25) is 0 Å². The van der Waals surface area contributed by atoms with Crippen molar-refractivity contribution in [2.45, 2.75) is 19.1 Å². The second-order valence-corrected chi connectivity index (χ2v) is 6.36. The summed E-state index contributed by atoms with van der Waals surface area (Å²) in [6, 6.07) is 12.4. The standard InChI is InChI=1S/C22H24N4O3/c1-28-18-5-6-19(20(12-18)29-2)21(25-15-17-4-3-9-24-13-17)22(27)26-14-16-7-10-23-11-8-16/h3-13,21,25H,14-15H2,1-2H3,(H,26,27). The van der Waals surface area contributed by atoms with E-state index in [1.807, 2.05) is 36.4 Å². The molecular weight excluding hydrogens is 368 g/mol. The lowest BCUT2D eigenvalue weighted by atomic mass is 10.0. The van der Waals surface area contributed by atoms with E-state index >= 15 is 0 Å². The zero-order valence-corrected chi connectivity index (χ0v) is 16.5. The molecule has 0 saturated carbocycles. The van der Waals surface area contributed by atoms with Crippen molar-refractivity contribution in [2.24, 2.45) is 0 Å². The number of nitrogens with zero attached hydrogens (tertiary/aromatic N) is 2. The summed E-state index contributed by atoms with van der Waals surface area (Å²) in [5, 5.41) is 6.30. The number of aromatic nitrogens is 2. The van der Waals surface area contributed by atoms with Gasteiger partial charge in [0.05, 0.1) is 14.2 Å². The Kier molecular flexibility index (Phi) is 7.13. The highest BCUT2D eigenvalue weighted by molar-refractivity contribution is 5.84. The molecule has 3 rings (SSSR count). The van der Waals surface area contributed by atoms with Gasteiger partial charge in [0.25, 0.3) is 0 Å². The van der Waals surface area contributed by atoms with Crippen molar-refractivity contribution in [3.05, 3.63) is 83.9 Å². The van der Waals surface area contributed by atoms with Crippen molar-refractivity contribution in [1.82, 2.24) is 20.6 Å². The number of hydrogen-bond acceptors (Lipinski definition) is 6. The maximum Gasteiger partial charge on any atom is 0.242 e. The fourth-order valence-electron chi connectivity index (χ4n) is 2.92. The van der Waals surface area contributed by atoms with E-state index < -0.39 is 6.04 Å². The molecule has 3 aromatic rings. The summed E-state index contributed by atoms with van der Waals surface area (Å²) in [5.41, 5.74) is 2.68. The average Bonchev–Trinajstić information content (AvgIpc) is 2.79. The van der Waals surface area contributed by atoms with Gasteiger partial charge in [0.2, 0.25) is 5.91 Å². The highest BCUT2D eigenvalue weighted by atomic mass is 16.5. The second kappa shape index (κ2) is 10.2. The maximum absolute atomic E-state index is 13.1. The molecule has 0 saturated heterocycles. The zero-order valence-electron chi connectivity index (χ0n) is 16.5. The second-order valence-electron chi connectivity index (χ2n) is 6.36. The smallest absolute Gasteiger partial charge is 0.242 e. The molecule has 150 valence electrons. The summed E-state index contributed by atoms with van der Waals surface area (Å²) in [4.78, 5) is 21.2. The van der Waals surface area contributed by atoms with Crippen molar-refractivity contribution in [3.63, 3.8) is 0 Å². The number of methoxy groups -OCH3 is 2. The van der Waals surface area contributed by atoms with Crippen LogP contribution in [-0.2, 0) is 17.9 Å². The van der Waals surface area contributed by atoms with Gasteiger partial charge in [-0.3, -0.25) is 20.1 Å². The number of rotatable bonds is 9. The largest absolute Gasteiger partial charge is 0.497 e. The van der Waals surface area contributed by atoms with Crippen LogP contribution in [0.1, 0.15) is 22.7 Å². The summed E-state index contributed by atoms with van der Waals surface area (Å²) in [6.45, 7) is 0.890. The van der Waals surface area contributed by atoms with Crippen molar-refractivity contribution in [1.29, 1.82) is 0 Å². The molecule has 0 aliphatic heterocycles. The first-order valence-electron chi connectivity index (χ1n) is 9.22. The van der Waals surface area contributed by atoms with Crippen molar-refractivity contribution < 1.29 is 14.3 Å². The zero-order chi connectivity index (χ0) is 20.5. The first-order chi connectivity index (χ1) is 14.2. The van der Waals surface area contributed by atoms with Gasteiger partial charge in [0.15, 0.2) is 0 Å². The van der Waals surface area contributed by atoms with E-state index in [-0.39, 0.29) is 5.91 Å². The Hall–Kier alpha value is -3.45. The van der Waals surface area contributed by atoms with Gasteiger partial charge in [-0.25, -0.2) is 0 Å². The van der Waals surface area contributed by atoms with Gasteiger partial charge in [-0.15, -0.1) is 0 Å². The van der Waals surface area contributed by atoms with Crippen LogP contribution >= 0.6 is 0 Å². The number of carbonyl (C=O) groups is 1. The molecule has 0 aliphatic carbocycles. The minimum absolute atomic E-state index is 0.158. The molecule has 0 bridgehead atoms. The van der Waals surface area contributed by atoms with Crippen LogP contribution in [-0.4, -0.2) is 30.1 Å². The van der Waals surface area contributed by atoms with Crippen LogP contribution in [0.15, 0.2) is 67.3 Å². The van der Waals surface area contributed by atoms with E-state index in [1.54, 1.807) is 45.1 Å². The normalized spacial score (nSPS) is 11.5. The molecule has 1 amide bonds. The van der Waals surface area contributed by atoms with Crippen LogP contribution in [0.25, 0.3) is 0 Å². The highest BCUT2D eigenvalue weighted by Gasteiger charge is 2.24. The Morgan fingerprint density at radius 2 is 1.79 bits per heavy atom. The molecule has 0 spiro atoms. The average molecular weight is 392 g/mol. The SMILES string of the molecule is COc1ccc(C(NCc2cccnc2)C(=O)NCc2ccncc2)c(OC)c1. The maximum atomic E-state index is 13.1. The topological polar surface area (TPSA) is 85.4 Å². The number of ether oxygens (including phenoxy) is 2. The molecule has 1 aromatic carbocycles. The van der Waals surface area contributed by atoms with E-state index in [0.29, 0.717) is 24.6 Å². The van der Waals surface area contributed by atoms with E-state index in [1.165, 1.54) is 0 Å². The first-order valence-corrected chi connectivity index (χ1v) is 9.22. The highest BCUT2D eigenvalue weighted by Crippen LogP contribution is 2.30. The molecule has 2 N–H and O–H groups in total. The number of carbonyl (C=O) groups excluding carboxylic acids is 1. The Labute approximate surface area is 170 Å². The Morgan fingerprint density at radius 1 is 0.966 bits per heavy atom. The number of nitrogens with one attached hydrogen (secondary N) is 2. The number of amides is 1. The number of pyridine rings is 2. The monoisotopic (exact) mass is 392 g/mol. The summed E-state index contributed by atoms with van der Waals surface area (Å²) >= 11 is 0. The first kappa shape index (κ1) is 20.3. The van der Waals surface area contributed by atoms with E-state index in [9.17, 15) is 4.79 Å². The molecule has 0 aliphatic rings. The number of hydrogen-bond donors (Lipinski definition) is 2. The quantitative estimate of drug-likeness (QED) is 0.582. The van der Waals surface area contributed by atoms with Gasteiger partial charge in [0, 0.05) is 49.5 Å². The third-order valence-electron chi connectivity index (χ3n) is 4.46. The van der Waals surface area contributed by atoms with Gasteiger partial charge >= 0.3 is 0 Å². The molecule has 7 nitrogen and oxygen atoms in total. The van der Waals surface area contributed by atoms with E-state index in [2.05, 4.69) is 20.6 Å². The van der Waals surface area contributed by atoms with Gasteiger partial charge < -0.3 is 14.8 Å². The molecule has 2 aromatic heterocycles. The summed E-state index contributed by atoms with van der Waals surface area (Å²) < 4.78 is 10.8. The number of benzene rings is 1. The summed E-state index contributed by atoms with van der Waals surface area (Å²) in [6.07, 6.45) is 6.89. The van der Waals surface area contributed by atoms with Crippen molar-refractivity contribution in [3.8, 4) is 11.5 Å². The Balaban J connectivity index is 1.81. The predicted molar refractivity (Wildman–Crippen MR) is 109 cm³/mol. The predicted octanol–water partition coefficient (Wildman–Crippen LogP) is 2.64. The van der Waals surface area contributed by atoms with Crippen LogP contribution in [0, 0.1) is 0 Å². The molecule has 0 radical (unpaired) electrons. The lowest BCUT2D eigenvalue weighted by Gasteiger charge is -2.21. The molecule has 0 fully saturated rings. The van der Waals surface area contributed by atoms with Crippen molar-refractivity contribution in [2.75, 3.05) is 14.2 Å². The molecule has 2 heterocycles. The summed E-state index contributed by atoms with van der Waals surface area (Å²) in [7, 11) is 3.17. The molecule has 29 heavy (non-hydrogen) atoms. The minimum Gasteiger partial charge on any atom is -0.497 e. The van der Waals surface area contributed by atoms with Crippen molar-refractivity contribution >= 4 is 5.91 Å². The lowest BCUT2D eigenvalue weighted by Crippen LogP contribution is -2.37. The Morgan fingerprint density at radius 3 is 2.48 bits per heavy atom. The van der Waals surface area contributed by atoms with Crippen LogP contribution in [0.4, 0.5) is 0 Å². The van der Waals surface area contributed by atoms with Gasteiger partial charge in [-0.2, -0.15) is 0 Å². The van der Waals surface area contributed by atoms with Gasteiger partial charge in [-0.1, -0.05) is 6.07 Å². The molecule has 1 atom stereocenters. The van der Waals surface area contributed by atoms with Crippen LogP contribution in [0.5, 0.6) is 11.5 Å². The van der Waals surface area contributed by atoms with Crippen LogP contribution < -0.4 is 20.1 Å². The third kappa shape index (κ3) is 5.52. The van der Waals surface area contributed by atoms with Crippen LogP contribution in [0.3, 0.4) is 0 Å². The van der Waals surface area contributed by atoms with E-state index in [4.69, 9.17) is 9.47 Å². The third-order valence-corrected chi connectivity index (χ3v) is 4.46. The Bertz CT molecular complexity index is 920. The molecule has 1 unspecified atom stereocenters. The lowest BCUT2D eigenvalue weighted by molar-refractivity contribution is -0.123. The fourth-order valence-corrected chi connectivity index (χ4v) is 2.92. The minimum atomic E-state index is -0.613. The summed E-state index contributed by atoms with van der Waals surface area (Å²) in [5.74, 6) is 1.08. The molecule has 7 heteroatoms. The van der Waals surface area contributed by atoms with Gasteiger partial charge in [0.1, 0.15) is 17.5 Å². The van der Waals surface area contributed by atoms with Gasteiger partial charge in [-0.05, 0) is 41.5 Å².